The van der Waals surface area contributed by atoms with Crippen molar-refractivity contribution in [2.24, 2.45) is 0 Å². The predicted molar refractivity (Wildman–Crippen MR) is 53.4 cm³/mol. The van der Waals surface area contributed by atoms with E-state index >= 15 is 0 Å². The van der Waals surface area contributed by atoms with Gasteiger partial charge in [0.05, 0.1) is 9.85 Å². The number of aromatic hydroxyl groups is 1. The third-order valence-corrected chi connectivity index (χ3v) is 2.18. The molecule has 0 aliphatic carbocycles. The van der Waals surface area contributed by atoms with E-state index in [1.165, 1.54) is 0 Å². The summed E-state index contributed by atoms with van der Waals surface area (Å²) in [4.78, 5) is 29.4. The second-order valence-corrected chi connectivity index (χ2v) is 3.15. The van der Waals surface area contributed by atoms with E-state index in [-0.39, 0.29) is 0 Å². The Morgan fingerprint density at radius 1 is 1.29 bits per heavy atom. The lowest BCUT2D eigenvalue weighted by molar-refractivity contribution is -0.394. The van der Waals surface area contributed by atoms with Gasteiger partial charge in [-0.05, 0) is 0 Å². The number of nitro groups is 2. The summed E-state index contributed by atoms with van der Waals surface area (Å²) in [6.07, 6.45) is 0. The van der Waals surface area contributed by atoms with E-state index in [4.69, 9.17) is 16.7 Å². The highest BCUT2D eigenvalue weighted by atomic mass is 35.5. The SMILES string of the molecule is O=C(O)c1cc([N+](=O)[O-])c(Cl)c([N+](=O)[O-])c1O. The molecule has 0 heterocycles. The van der Waals surface area contributed by atoms with Crippen LogP contribution in [0.3, 0.4) is 0 Å². The first-order chi connectivity index (χ1) is 7.77. The summed E-state index contributed by atoms with van der Waals surface area (Å²) in [7, 11) is 0. The first-order valence-electron chi connectivity index (χ1n) is 3.85. The van der Waals surface area contributed by atoms with Crippen LogP contribution in [0.15, 0.2) is 6.07 Å². The molecule has 0 unspecified atom stereocenters. The second-order valence-electron chi connectivity index (χ2n) is 2.77. The maximum absolute atomic E-state index is 10.6. The summed E-state index contributed by atoms with van der Waals surface area (Å²) >= 11 is 5.34. The smallest absolute Gasteiger partial charge is 0.340 e. The lowest BCUT2D eigenvalue weighted by Crippen LogP contribution is -2.03. The van der Waals surface area contributed by atoms with Crippen LogP contribution in [-0.4, -0.2) is 26.0 Å². The van der Waals surface area contributed by atoms with Crippen molar-refractivity contribution in [2.45, 2.75) is 0 Å². The van der Waals surface area contributed by atoms with Gasteiger partial charge in [-0.2, -0.15) is 0 Å². The molecule has 0 atom stereocenters. The van der Waals surface area contributed by atoms with Gasteiger partial charge in [-0.3, -0.25) is 20.2 Å². The first-order valence-corrected chi connectivity index (χ1v) is 4.22. The number of carboxylic acids is 1. The Morgan fingerprint density at radius 2 is 1.82 bits per heavy atom. The minimum atomic E-state index is -1.75. The number of benzene rings is 1. The van der Waals surface area contributed by atoms with Gasteiger partial charge in [0, 0.05) is 6.07 Å². The van der Waals surface area contributed by atoms with E-state index in [0.717, 1.165) is 0 Å². The highest BCUT2D eigenvalue weighted by Gasteiger charge is 2.33. The Bertz CT molecular complexity index is 503. The topological polar surface area (TPSA) is 144 Å². The van der Waals surface area contributed by atoms with Crippen molar-refractivity contribution in [3.63, 3.8) is 0 Å². The van der Waals surface area contributed by atoms with Crippen molar-refractivity contribution in [3.05, 3.63) is 36.9 Å². The number of nitro benzene ring substituents is 2. The third kappa shape index (κ3) is 2.08. The molecule has 10 heteroatoms. The molecule has 0 saturated heterocycles. The fourth-order valence-corrected chi connectivity index (χ4v) is 1.37. The van der Waals surface area contributed by atoms with Crippen LogP contribution in [0.4, 0.5) is 11.4 Å². The van der Waals surface area contributed by atoms with Crippen LogP contribution in [0.25, 0.3) is 0 Å². The van der Waals surface area contributed by atoms with Crippen LogP contribution in [-0.2, 0) is 0 Å². The number of phenols is 1. The standard InChI is InChI=1S/C7H3ClN2O7/c8-4-3(9(14)15)1-2(7(12)13)6(11)5(4)10(16)17/h1,11H,(H,12,13). The number of carboxylic acid groups (broad SMARTS) is 1. The van der Waals surface area contributed by atoms with E-state index < -0.39 is 43.5 Å². The number of nitrogens with zero attached hydrogens (tertiary/aromatic N) is 2. The van der Waals surface area contributed by atoms with Gasteiger partial charge in [-0.25, -0.2) is 4.79 Å². The minimum Gasteiger partial charge on any atom is -0.501 e. The van der Waals surface area contributed by atoms with Crippen LogP contribution < -0.4 is 0 Å². The molecule has 1 aromatic rings. The zero-order chi connectivity index (χ0) is 13.3. The molecule has 0 bridgehead atoms. The molecule has 1 aromatic carbocycles. The first kappa shape index (κ1) is 12.6. The monoisotopic (exact) mass is 262 g/mol. The zero-order valence-electron chi connectivity index (χ0n) is 7.79. The fourth-order valence-electron chi connectivity index (χ4n) is 1.08. The molecule has 0 saturated carbocycles. The van der Waals surface area contributed by atoms with E-state index in [0.29, 0.717) is 6.07 Å². The number of aromatic carboxylic acids is 1. The lowest BCUT2D eigenvalue weighted by Gasteiger charge is -2.03. The number of carbonyl (C=O) groups is 1. The van der Waals surface area contributed by atoms with Crippen molar-refractivity contribution in [2.75, 3.05) is 0 Å². The fraction of sp³-hybridized carbons (Fsp3) is 0. The summed E-state index contributed by atoms with van der Waals surface area (Å²) in [5, 5.41) is 38.0. The molecule has 0 aliphatic rings. The molecule has 1 rings (SSSR count). The van der Waals surface area contributed by atoms with Gasteiger partial charge in [0.25, 0.3) is 5.69 Å². The third-order valence-electron chi connectivity index (χ3n) is 1.80. The van der Waals surface area contributed by atoms with Gasteiger partial charge < -0.3 is 10.2 Å². The van der Waals surface area contributed by atoms with E-state index in [1.54, 1.807) is 0 Å². The van der Waals surface area contributed by atoms with Gasteiger partial charge >= 0.3 is 11.7 Å². The number of hydrogen-bond donors (Lipinski definition) is 2. The highest BCUT2D eigenvalue weighted by molar-refractivity contribution is 6.35. The predicted octanol–water partition coefficient (Wildman–Crippen LogP) is 1.56. The average molecular weight is 263 g/mol. The quantitative estimate of drug-likeness (QED) is 0.621. The molecule has 0 spiro atoms. The lowest BCUT2D eigenvalue weighted by atomic mass is 10.1. The zero-order valence-corrected chi connectivity index (χ0v) is 8.54. The molecule has 90 valence electrons. The highest BCUT2D eigenvalue weighted by Crippen LogP contribution is 2.42. The average Bonchev–Trinajstić information content (AvgIpc) is 2.15. The molecule has 0 aromatic heterocycles. The summed E-state index contributed by atoms with van der Waals surface area (Å²) in [5.74, 6) is -2.97. The molecular weight excluding hydrogens is 260 g/mol. The molecule has 0 aliphatic heterocycles. The van der Waals surface area contributed by atoms with Crippen LogP contribution in [0, 0.1) is 20.2 Å². The van der Waals surface area contributed by atoms with Crippen molar-refractivity contribution < 1.29 is 24.9 Å². The minimum absolute atomic E-state index is 0.451. The van der Waals surface area contributed by atoms with Gasteiger partial charge in [0.2, 0.25) is 5.75 Å². The Labute approximate surface area is 97.2 Å². The van der Waals surface area contributed by atoms with Crippen LogP contribution in [0.2, 0.25) is 5.02 Å². The van der Waals surface area contributed by atoms with Gasteiger partial charge in [0.15, 0.2) is 5.02 Å². The van der Waals surface area contributed by atoms with E-state index in [2.05, 4.69) is 0 Å². The molecular formula is C7H3ClN2O7. The van der Waals surface area contributed by atoms with E-state index in [1.807, 2.05) is 0 Å². The van der Waals surface area contributed by atoms with Crippen LogP contribution in [0.1, 0.15) is 10.4 Å². The Kier molecular flexibility index (Phi) is 3.14. The molecule has 0 fully saturated rings. The molecule has 17 heavy (non-hydrogen) atoms. The number of halogens is 1. The summed E-state index contributed by atoms with van der Waals surface area (Å²) in [5.41, 5.74) is -3.14. The van der Waals surface area contributed by atoms with Crippen molar-refractivity contribution >= 4 is 28.9 Å². The maximum Gasteiger partial charge on any atom is 0.340 e. The number of rotatable bonds is 3. The molecule has 2 N–H and O–H groups in total. The molecule has 9 nitrogen and oxygen atoms in total. The van der Waals surface area contributed by atoms with Crippen molar-refractivity contribution in [1.82, 2.24) is 0 Å². The normalized spacial score (nSPS) is 9.94. The summed E-state index contributed by atoms with van der Waals surface area (Å²) in [6, 6.07) is 0.451. The second kappa shape index (κ2) is 4.22. The Hall–Kier alpha value is -2.42. The van der Waals surface area contributed by atoms with E-state index in [9.17, 15) is 30.1 Å². The Morgan fingerprint density at radius 3 is 2.18 bits per heavy atom. The molecule has 0 radical (unpaired) electrons. The van der Waals surface area contributed by atoms with Crippen molar-refractivity contribution in [3.8, 4) is 5.75 Å². The van der Waals surface area contributed by atoms with Gasteiger partial charge in [-0.15, -0.1) is 0 Å². The summed E-state index contributed by atoms with van der Waals surface area (Å²) < 4.78 is 0. The molecule has 0 amide bonds. The summed E-state index contributed by atoms with van der Waals surface area (Å²) in [6.45, 7) is 0. The Balaban J connectivity index is 3.76. The van der Waals surface area contributed by atoms with Gasteiger partial charge in [0.1, 0.15) is 5.56 Å². The number of hydrogen-bond acceptors (Lipinski definition) is 6. The van der Waals surface area contributed by atoms with Crippen LogP contribution in [0.5, 0.6) is 5.75 Å². The van der Waals surface area contributed by atoms with Crippen molar-refractivity contribution in [1.29, 1.82) is 0 Å². The van der Waals surface area contributed by atoms with Gasteiger partial charge in [-0.1, -0.05) is 11.6 Å². The maximum atomic E-state index is 10.6. The van der Waals surface area contributed by atoms with Crippen LogP contribution >= 0.6 is 11.6 Å². The largest absolute Gasteiger partial charge is 0.501 e.